The highest BCUT2D eigenvalue weighted by Crippen LogP contribution is 2.53. The van der Waals surface area contributed by atoms with E-state index < -0.39 is 11.9 Å². The topological polar surface area (TPSA) is 59.8 Å². The van der Waals surface area contributed by atoms with Crippen molar-refractivity contribution in [3.8, 4) is 16.9 Å². The number of rotatable bonds is 4. The number of hydrogen-bond donors (Lipinski definition) is 1. The monoisotopic (exact) mass is 480 g/mol. The molecule has 3 saturated carbocycles. The standard InChI is InChI=1S/C27H27F3N4O/c28-27(29,30)25-14-24(19-2-1-9-31-15-19)33-34(25)22-6-3-17(4-7-22)26(35)32-23-8-5-18-10-16-11-20(18)13-21(23)12-16/h1-4,6-7,9,14-16,18,20-21,23H,5,8,10-13H2,(H,32,35)/t16-,18-,20?,21+,23?/m0/s1. The quantitative estimate of drug-likeness (QED) is 0.506. The number of pyridine rings is 1. The summed E-state index contributed by atoms with van der Waals surface area (Å²) in [6.45, 7) is 0. The highest BCUT2D eigenvalue weighted by Gasteiger charge is 2.45. The fourth-order valence-electron chi connectivity index (χ4n) is 6.67. The van der Waals surface area contributed by atoms with Gasteiger partial charge in [-0.2, -0.15) is 18.3 Å². The lowest BCUT2D eigenvalue weighted by Crippen LogP contribution is -2.41. The number of carbonyl (C=O) groups excluding carboxylic acids is 1. The number of carbonyl (C=O) groups is 1. The van der Waals surface area contributed by atoms with Gasteiger partial charge in [-0.1, -0.05) is 0 Å². The molecule has 8 heteroatoms. The molecule has 0 saturated heterocycles. The summed E-state index contributed by atoms with van der Waals surface area (Å²) in [5.41, 5.74) is 0.498. The second-order valence-electron chi connectivity index (χ2n) is 10.4. The number of hydrogen-bond acceptors (Lipinski definition) is 3. The Hall–Kier alpha value is -3.16. The highest BCUT2D eigenvalue weighted by molar-refractivity contribution is 5.94. The smallest absolute Gasteiger partial charge is 0.349 e. The average Bonchev–Trinajstić information content (AvgIpc) is 3.40. The van der Waals surface area contributed by atoms with Crippen LogP contribution in [0.5, 0.6) is 0 Å². The van der Waals surface area contributed by atoms with Crippen LogP contribution in [-0.4, -0.2) is 26.7 Å². The molecule has 3 aliphatic carbocycles. The Kier molecular flexibility index (Phi) is 5.42. The molecule has 3 aliphatic rings. The van der Waals surface area contributed by atoms with Gasteiger partial charge in [-0.15, -0.1) is 0 Å². The van der Waals surface area contributed by atoms with Crippen LogP contribution in [0.2, 0.25) is 0 Å². The minimum Gasteiger partial charge on any atom is -0.349 e. The van der Waals surface area contributed by atoms with Crippen molar-refractivity contribution in [2.75, 3.05) is 0 Å². The fraction of sp³-hybridized carbons (Fsp3) is 0.444. The minimum atomic E-state index is -4.58. The maximum atomic E-state index is 13.8. The Morgan fingerprint density at radius 1 is 0.971 bits per heavy atom. The van der Waals surface area contributed by atoms with Gasteiger partial charge in [0.1, 0.15) is 5.69 Å². The number of alkyl halides is 3. The van der Waals surface area contributed by atoms with Gasteiger partial charge in [0, 0.05) is 29.6 Å². The van der Waals surface area contributed by atoms with E-state index in [9.17, 15) is 18.0 Å². The molecule has 1 N–H and O–H groups in total. The zero-order valence-electron chi connectivity index (χ0n) is 19.2. The summed E-state index contributed by atoms with van der Waals surface area (Å²) in [5.74, 6) is 2.84. The van der Waals surface area contributed by atoms with Gasteiger partial charge in [0.25, 0.3) is 5.91 Å². The number of nitrogens with zero attached hydrogens (tertiary/aromatic N) is 3. The second kappa shape index (κ2) is 8.50. The molecule has 3 aromatic rings. The van der Waals surface area contributed by atoms with Crippen molar-refractivity contribution in [3.63, 3.8) is 0 Å². The van der Waals surface area contributed by atoms with Crippen LogP contribution in [0, 0.1) is 23.7 Å². The van der Waals surface area contributed by atoms with Crippen molar-refractivity contribution in [1.82, 2.24) is 20.1 Å². The lowest BCUT2D eigenvalue weighted by atomic mass is 9.77. The van der Waals surface area contributed by atoms with Crippen molar-refractivity contribution in [2.45, 2.75) is 50.7 Å². The molecule has 2 heterocycles. The van der Waals surface area contributed by atoms with Crippen molar-refractivity contribution in [3.05, 3.63) is 66.1 Å². The number of amides is 1. The summed E-state index contributed by atoms with van der Waals surface area (Å²) < 4.78 is 42.1. The van der Waals surface area contributed by atoms with Crippen LogP contribution in [0.15, 0.2) is 54.9 Å². The van der Waals surface area contributed by atoms with Gasteiger partial charge in [-0.05, 0) is 105 Å². The summed E-state index contributed by atoms with van der Waals surface area (Å²) in [6, 6.07) is 10.7. The predicted molar refractivity (Wildman–Crippen MR) is 125 cm³/mol. The summed E-state index contributed by atoms with van der Waals surface area (Å²) >= 11 is 0. The molecule has 6 rings (SSSR count). The third kappa shape index (κ3) is 4.23. The molecule has 182 valence electrons. The SMILES string of the molecule is O=C(NC1CC[C@H]2C[C@H]3CC2C[C@H]1C3)c1ccc(-n2nc(-c3cccnc3)cc2C(F)(F)F)cc1. The maximum absolute atomic E-state index is 13.8. The fourth-order valence-corrected chi connectivity index (χ4v) is 6.67. The van der Waals surface area contributed by atoms with Gasteiger partial charge in [-0.3, -0.25) is 9.78 Å². The molecule has 5 atom stereocenters. The first-order chi connectivity index (χ1) is 16.8. The zero-order chi connectivity index (χ0) is 24.2. The first-order valence-electron chi connectivity index (χ1n) is 12.3. The minimum absolute atomic E-state index is 0.160. The molecule has 1 aromatic carbocycles. The van der Waals surface area contributed by atoms with E-state index in [1.54, 1.807) is 30.5 Å². The summed E-state index contributed by atoms with van der Waals surface area (Å²) in [7, 11) is 0. The van der Waals surface area contributed by atoms with Crippen molar-refractivity contribution >= 4 is 5.91 Å². The van der Waals surface area contributed by atoms with Crippen molar-refractivity contribution in [1.29, 1.82) is 0 Å². The molecule has 35 heavy (non-hydrogen) atoms. The van der Waals surface area contributed by atoms with Gasteiger partial charge < -0.3 is 5.32 Å². The van der Waals surface area contributed by atoms with E-state index in [1.165, 1.54) is 50.4 Å². The lowest BCUT2D eigenvalue weighted by molar-refractivity contribution is -0.142. The number of halogens is 3. The van der Waals surface area contributed by atoms with Crippen LogP contribution < -0.4 is 5.32 Å². The molecule has 2 aromatic heterocycles. The second-order valence-corrected chi connectivity index (χ2v) is 10.4. The van der Waals surface area contributed by atoms with E-state index in [4.69, 9.17) is 0 Å². The number of nitrogens with one attached hydrogen (secondary N) is 1. The van der Waals surface area contributed by atoms with Crippen LogP contribution in [0.25, 0.3) is 16.9 Å². The molecule has 0 radical (unpaired) electrons. The molecule has 2 unspecified atom stereocenters. The molecular formula is C27H27F3N4O. The molecule has 0 aliphatic heterocycles. The van der Waals surface area contributed by atoms with E-state index in [1.807, 2.05) is 0 Å². The third-order valence-corrected chi connectivity index (χ3v) is 8.25. The van der Waals surface area contributed by atoms with E-state index in [-0.39, 0.29) is 23.3 Å². The largest absolute Gasteiger partial charge is 0.433 e. The first kappa shape index (κ1) is 22.3. The number of benzene rings is 1. The van der Waals surface area contributed by atoms with E-state index in [0.717, 1.165) is 34.9 Å². The van der Waals surface area contributed by atoms with Crippen LogP contribution in [-0.2, 0) is 6.18 Å². The van der Waals surface area contributed by atoms with Gasteiger partial charge in [-0.25, -0.2) is 4.68 Å². The molecule has 3 bridgehead atoms. The Balaban J connectivity index is 1.22. The average molecular weight is 481 g/mol. The van der Waals surface area contributed by atoms with Crippen LogP contribution in [0.1, 0.15) is 54.6 Å². The van der Waals surface area contributed by atoms with Crippen molar-refractivity contribution < 1.29 is 18.0 Å². The first-order valence-corrected chi connectivity index (χ1v) is 12.3. The van der Waals surface area contributed by atoms with Crippen LogP contribution in [0.3, 0.4) is 0 Å². The third-order valence-electron chi connectivity index (χ3n) is 8.25. The zero-order valence-corrected chi connectivity index (χ0v) is 19.2. The van der Waals surface area contributed by atoms with Crippen LogP contribution >= 0.6 is 0 Å². The summed E-state index contributed by atoms with van der Waals surface area (Å²) in [5, 5.41) is 7.44. The maximum Gasteiger partial charge on any atom is 0.433 e. The van der Waals surface area contributed by atoms with Gasteiger partial charge in [0.15, 0.2) is 0 Å². The number of aromatic nitrogens is 3. The van der Waals surface area contributed by atoms with Gasteiger partial charge in [0.2, 0.25) is 0 Å². The van der Waals surface area contributed by atoms with E-state index in [0.29, 0.717) is 17.0 Å². The Morgan fingerprint density at radius 2 is 1.74 bits per heavy atom. The Morgan fingerprint density at radius 3 is 2.49 bits per heavy atom. The molecule has 5 nitrogen and oxygen atoms in total. The number of fused-ring (bicyclic) bond motifs is 2. The summed E-state index contributed by atoms with van der Waals surface area (Å²) in [4.78, 5) is 17.0. The summed E-state index contributed by atoms with van der Waals surface area (Å²) in [6.07, 6.45) is 5.78. The molecule has 3 fully saturated rings. The molecule has 1 amide bonds. The molecule has 0 spiro atoms. The van der Waals surface area contributed by atoms with E-state index in [2.05, 4.69) is 15.4 Å². The Labute approximate surface area is 201 Å². The van der Waals surface area contributed by atoms with Gasteiger partial charge >= 0.3 is 6.18 Å². The van der Waals surface area contributed by atoms with E-state index >= 15 is 0 Å². The van der Waals surface area contributed by atoms with Gasteiger partial charge in [0.05, 0.1) is 11.4 Å². The lowest BCUT2D eigenvalue weighted by Gasteiger charge is -2.33. The van der Waals surface area contributed by atoms with Crippen LogP contribution in [0.4, 0.5) is 13.2 Å². The highest BCUT2D eigenvalue weighted by atomic mass is 19.4. The predicted octanol–water partition coefficient (Wildman–Crippen LogP) is 5.90. The van der Waals surface area contributed by atoms with Crippen molar-refractivity contribution in [2.24, 2.45) is 23.7 Å². The normalized spacial score (nSPS) is 27.6. The molecular weight excluding hydrogens is 453 g/mol. The Bertz CT molecular complexity index is 1220.